The molecular formula is C38H60N+. The monoisotopic (exact) mass is 530 g/mol. The third-order valence-corrected chi connectivity index (χ3v) is 8.20. The van der Waals surface area contributed by atoms with E-state index in [1.54, 1.807) is 0 Å². The highest BCUT2D eigenvalue weighted by Gasteiger charge is 2.27. The van der Waals surface area contributed by atoms with E-state index in [-0.39, 0.29) is 0 Å². The summed E-state index contributed by atoms with van der Waals surface area (Å²) in [6.45, 7) is 9.18. The first-order valence-corrected chi connectivity index (χ1v) is 16.4. The average Bonchev–Trinajstić information content (AvgIpc) is 2.96. The number of benzene rings is 2. The van der Waals surface area contributed by atoms with Crippen molar-refractivity contribution in [3.63, 3.8) is 0 Å². The van der Waals surface area contributed by atoms with Gasteiger partial charge in [-0.3, -0.25) is 0 Å². The molecular weight excluding hydrogens is 470 g/mol. The highest BCUT2D eigenvalue weighted by Crippen LogP contribution is 2.24. The normalized spacial score (nSPS) is 12.2. The van der Waals surface area contributed by atoms with Crippen LogP contribution in [0.3, 0.4) is 0 Å². The van der Waals surface area contributed by atoms with Crippen LogP contribution in [-0.2, 0) is 13.1 Å². The van der Waals surface area contributed by atoms with Gasteiger partial charge in [-0.2, -0.15) is 0 Å². The number of nitrogens with zero attached hydrogens (tertiary/aromatic N) is 1. The fraction of sp³-hybridized carbons (Fsp3) is 0.579. The van der Waals surface area contributed by atoms with Crippen molar-refractivity contribution in [3.8, 4) is 0 Å². The Morgan fingerprint density at radius 3 is 1.13 bits per heavy atom. The fourth-order valence-corrected chi connectivity index (χ4v) is 5.95. The van der Waals surface area contributed by atoms with Crippen LogP contribution in [0, 0.1) is 0 Å². The molecule has 0 heterocycles. The van der Waals surface area contributed by atoms with Gasteiger partial charge < -0.3 is 4.48 Å². The minimum absolute atomic E-state index is 1.16. The van der Waals surface area contributed by atoms with Crippen LogP contribution in [0.15, 0.2) is 85.0 Å². The first kappa shape index (κ1) is 33.1. The zero-order chi connectivity index (χ0) is 27.7. The summed E-state index contributed by atoms with van der Waals surface area (Å²) in [5.41, 5.74) is 2.99. The van der Waals surface area contributed by atoms with Crippen molar-refractivity contribution >= 4 is 0 Å². The van der Waals surface area contributed by atoms with Crippen molar-refractivity contribution in [2.75, 3.05) is 13.1 Å². The maximum Gasteiger partial charge on any atom is 0.105 e. The number of unbranched alkanes of at least 4 members (excludes halogenated alkanes) is 14. The molecule has 0 aliphatic heterocycles. The summed E-state index contributed by atoms with van der Waals surface area (Å²) in [5, 5.41) is 0. The Labute approximate surface area is 243 Å². The lowest BCUT2D eigenvalue weighted by Crippen LogP contribution is -2.48. The second-order valence-corrected chi connectivity index (χ2v) is 11.7. The molecule has 0 unspecified atom stereocenters. The van der Waals surface area contributed by atoms with Crippen molar-refractivity contribution < 1.29 is 4.48 Å². The minimum Gasteiger partial charge on any atom is -0.316 e. The Hall–Kier alpha value is -2.12. The second kappa shape index (κ2) is 22.7. The predicted octanol–water partition coefficient (Wildman–Crippen LogP) is 11.6. The van der Waals surface area contributed by atoms with Gasteiger partial charge in [-0.15, -0.1) is 0 Å². The Kier molecular flexibility index (Phi) is 19.2. The Bertz CT molecular complexity index is 777. The standard InChI is InChI=1S/C38H60N/c1-3-5-7-9-11-13-15-17-19-27-33-39(35-37-29-23-21-24-30-37,36-38-31-25-22-26-32-38)34-28-20-18-16-14-12-10-8-6-4-2/h3-6,21-26,29-32H,7-20,27-28,33-36H2,1-2H3/q+1/b5-3+,6-4+. The summed E-state index contributed by atoms with van der Waals surface area (Å²) in [5.74, 6) is 0. The van der Waals surface area contributed by atoms with Crippen molar-refractivity contribution in [3.05, 3.63) is 96.1 Å². The van der Waals surface area contributed by atoms with Gasteiger partial charge in [0.25, 0.3) is 0 Å². The molecule has 0 amide bonds. The molecule has 0 saturated heterocycles. The van der Waals surface area contributed by atoms with E-state index in [2.05, 4.69) is 98.8 Å². The molecule has 0 aliphatic rings. The maximum absolute atomic E-state index is 2.35. The third kappa shape index (κ3) is 16.6. The van der Waals surface area contributed by atoms with Crippen molar-refractivity contribution in [2.24, 2.45) is 0 Å². The summed E-state index contributed by atoms with van der Waals surface area (Å²) in [6, 6.07) is 22.6. The topological polar surface area (TPSA) is 0 Å². The van der Waals surface area contributed by atoms with Gasteiger partial charge in [0.2, 0.25) is 0 Å². The van der Waals surface area contributed by atoms with E-state index in [1.807, 2.05) is 0 Å². The molecule has 0 atom stereocenters. The number of allylic oxidation sites excluding steroid dienone is 4. The third-order valence-electron chi connectivity index (χ3n) is 8.20. The Balaban J connectivity index is 1.90. The summed E-state index contributed by atoms with van der Waals surface area (Å²) in [4.78, 5) is 0. The molecule has 0 fully saturated rings. The number of rotatable bonds is 24. The van der Waals surface area contributed by atoms with Gasteiger partial charge >= 0.3 is 0 Å². The van der Waals surface area contributed by atoms with Gasteiger partial charge in [-0.05, 0) is 65.2 Å². The van der Waals surface area contributed by atoms with Gasteiger partial charge in [-0.1, -0.05) is 136 Å². The first-order chi connectivity index (χ1) is 19.3. The lowest BCUT2D eigenvalue weighted by atomic mass is 10.0. The molecule has 0 aliphatic carbocycles. The van der Waals surface area contributed by atoms with Crippen LogP contribution in [0.25, 0.3) is 0 Å². The molecule has 2 rings (SSSR count). The molecule has 0 saturated carbocycles. The van der Waals surface area contributed by atoms with E-state index in [9.17, 15) is 0 Å². The van der Waals surface area contributed by atoms with Crippen LogP contribution < -0.4 is 0 Å². The zero-order valence-electron chi connectivity index (χ0n) is 25.7. The number of quaternary nitrogens is 1. The van der Waals surface area contributed by atoms with E-state index >= 15 is 0 Å². The summed E-state index contributed by atoms with van der Waals surface area (Å²) in [6.07, 6.45) is 30.9. The van der Waals surface area contributed by atoms with Gasteiger partial charge in [0.15, 0.2) is 0 Å². The summed E-state index contributed by atoms with van der Waals surface area (Å²) < 4.78 is 1.21. The predicted molar refractivity (Wildman–Crippen MR) is 174 cm³/mol. The van der Waals surface area contributed by atoms with E-state index in [1.165, 1.54) is 131 Å². The molecule has 2 aromatic rings. The first-order valence-electron chi connectivity index (χ1n) is 16.4. The largest absolute Gasteiger partial charge is 0.316 e. The average molecular weight is 531 g/mol. The molecule has 39 heavy (non-hydrogen) atoms. The van der Waals surface area contributed by atoms with Crippen molar-refractivity contribution in [2.45, 2.75) is 130 Å². The highest BCUT2D eigenvalue weighted by molar-refractivity contribution is 5.15. The van der Waals surface area contributed by atoms with Gasteiger partial charge in [0.1, 0.15) is 13.1 Å². The van der Waals surface area contributed by atoms with Crippen LogP contribution in [-0.4, -0.2) is 17.6 Å². The minimum atomic E-state index is 1.16. The van der Waals surface area contributed by atoms with Gasteiger partial charge in [0, 0.05) is 11.1 Å². The lowest BCUT2D eigenvalue weighted by Gasteiger charge is -2.39. The molecule has 0 N–H and O–H groups in total. The van der Waals surface area contributed by atoms with Gasteiger partial charge in [-0.25, -0.2) is 0 Å². The quantitative estimate of drug-likeness (QED) is 0.0719. The maximum atomic E-state index is 2.35. The Morgan fingerprint density at radius 1 is 0.436 bits per heavy atom. The molecule has 0 radical (unpaired) electrons. The van der Waals surface area contributed by atoms with E-state index in [0.717, 1.165) is 13.1 Å². The molecule has 216 valence electrons. The number of hydrogen-bond donors (Lipinski definition) is 0. The highest BCUT2D eigenvalue weighted by atomic mass is 15.3. The van der Waals surface area contributed by atoms with Crippen molar-refractivity contribution in [1.29, 1.82) is 0 Å². The van der Waals surface area contributed by atoms with E-state index in [4.69, 9.17) is 0 Å². The van der Waals surface area contributed by atoms with E-state index < -0.39 is 0 Å². The van der Waals surface area contributed by atoms with Crippen LogP contribution in [0.4, 0.5) is 0 Å². The van der Waals surface area contributed by atoms with E-state index in [0.29, 0.717) is 0 Å². The Morgan fingerprint density at radius 2 is 0.769 bits per heavy atom. The fourth-order valence-electron chi connectivity index (χ4n) is 5.95. The second-order valence-electron chi connectivity index (χ2n) is 11.7. The molecule has 1 heteroatoms. The molecule has 1 nitrogen and oxygen atoms in total. The molecule has 2 aromatic carbocycles. The van der Waals surface area contributed by atoms with Crippen LogP contribution in [0.1, 0.15) is 128 Å². The van der Waals surface area contributed by atoms with Gasteiger partial charge in [0.05, 0.1) is 13.1 Å². The SMILES string of the molecule is C/C=C/CCCCCCCCC[N+](CCCCCCCCC/C=C/C)(Cc1ccccc1)Cc1ccccc1. The van der Waals surface area contributed by atoms with Crippen LogP contribution >= 0.6 is 0 Å². The molecule has 0 bridgehead atoms. The lowest BCUT2D eigenvalue weighted by molar-refractivity contribution is -0.954. The zero-order valence-corrected chi connectivity index (χ0v) is 25.7. The molecule has 0 spiro atoms. The summed E-state index contributed by atoms with van der Waals surface area (Å²) in [7, 11) is 0. The van der Waals surface area contributed by atoms with Crippen LogP contribution in [0.2, 0.25) is 0 Å². The molecule has 0 aromatic heterocycles. The van der Waals surface area contributed by atoms with Crippen LogP contribution in [0.5, 0.6) is 0 Å². The summed E-state index contributed by atoms with van der Waals surface area (Å²) >= 11 is 0. The smallest absolute Gasteiger partial charge is 0.105 e. The number of hydrogen-bond acceptors (Lipinski definition) is 0. The van der Waals surface area contributed by atoms with Crippen molar-refractivity contribution in [1.82, 2.24) is 0 Å².